The molecule has 1 rings (SSSR count). The molecule has 0 atom stereocenters. The summed E-state index contributed by atoms with van der Waals surface area (Å²) in [5, 5.41) is 0. The Morgan fingerprint density at radius 3 is 2.52 bits per heavy atom. The third-order valence-electron chi connectivity index (χ3n) is 3.42. The van der Waals surface area contributed by atoms with Gasteiger partial charge in [-0.25, -0.2) is 0 Å². The number of benzene rings is 1. The number of hydrogen-bond acceptors (Lipinski definition) is 3. The standard InChI is InChI=1S/C18H28O3/c1-4-6-7-8-9-12-20-14-17-13-16(15(3)19)10-11-18(17)21-5-2/h10-11,13H,4-9,12,14H2,1-3H3. The predicted octanol–water partition coefficient (Wildman–Crippen LogP) is 4.77. The molecule has 0 radical (unpaired) electrons. The van der Waals surface area contributed by atoms with Crippen molar-refractivity contribution in [3.63, 3.8) is 0 Å². The predicted molar refractivity (Wildman–Crippen MR) is 86.0 cm³/mol. The van der Waals surface area contributed by atoms with Crippen LogP contribution < -0.4 is 4.74 Å². The monoisotopic (exact) mass is 292 g/mol. The largest absolute Gasteiger partial charge is 0.494 e. The molecule has 0 saturated heterocycles. The lowest BCUT2D eigenvalue weighted by Gasteiger charge is -2.12. The summed E-state index contributed by atoms with van der Waals surface area (Å²) in [6.45, 7) is 7.63. The minimum atomic E-state index is 0.0684. The maximum absolute atomic E-state index is 11.5. The average Bonchev–Trinajstić information content (AvgIpc) is 2.47. The third-order valence-corrected chi connectivity index (χ3v) is 3.42. The number of hydrogen-bond donors (Lipinski definition) is 0. The Hall–Kier alpha value is -1.35. The summed E-state index contributed by atoms with van der Waals surface area (Å²) in [5.74, 6) is 0.882. The molecule has 0 unspecified atom stereocenters. The van der Waals surface area contributed by atoms with Gasteiger partial charge in [0.15, 0.2) is 5.78 Å². The van der Waals surface area contributed by atoms with Gasteiger partial charge in [-0.1, -0.05) is 32.6 Å². The van der Waals surface area contributed by atoms with E-state index in [2.05, 4.69) is 6.92 Å². The second-order valence-electron chi connectivity index (χ2n) is 5.28. The molecule has 0 aliphatic carbocycles. The molecule has 21 heavy (non-hydrogen) atoms. The van der Waals surface area contributed by atoms with Crippen LogP contribution in [0, 0.1) is 0 Å². The molecule has 1 aromatic rings. The maximum atomic E-state index is 11.5. The molecule has 0 amide bonds. The first-order valence-electron chi connectivity index (χ1n) is 8.03. The number of ketones is 1. The fraction of sp³-hybridized carbons (Fsp3) is 0.611. The maximum Gasteiger partial charge on any atom is 0.159 e. The van der Waals surface area contributed by atoms with Crippen LogP contribution in [0.5, 0.6) is 5.75 Å². The Labute approximate surface area is 128 Å². The number of ether oxygens (including phenoxy) is 2. The van der Waals surface area contributed by atoms with E-state index in [0.717, 1.165) is 24.3 Å². The molecule has 0 spiro atoms. The van der Waals surface area contributed by atoms with E-state index in [4.69, 9.17) is 9.47 Å². The molecule has 1 aromatic carbocycles. The topological polar surface area (TPSA) is 35.5 Å². The van der Waals surface area contributed by atoms with Crippen LogP contribution in [0.1, 0.15) is 68.8 Å². The highest BCUT2D eigenvalue weighted by Crippen LogP contribution is 2.22. The summed E-state index contributed by atoms with van der Waals surface area (Å²) >= 11 is 0. The molecule has 3 heteroatoms. The van der Waals surface area contributed by atoms with Gasteiger partial charge < -0.3 is 9.47 Å². The van der Waals surface area contributed by atoms with Gasteiger partial charge in [-0.15, -0.1) is 0 Å². The Bertz CT molecular complexity index is 426. The first kappa shape index (κ1) is 17.7. The van der Waals surface area contributed by atoms with E-state index < -0.39 is 0 Å². The number of carbonyl (C=O) groups is 1. The zero-order chi connectivity index (χ0) is 15.5. The van der Waals surface area contributed by atoms with Gasteiger partial charge in [-0.3, -0.25) is 4.79 Å². The van der Waals surface area contributed by atoms with Crippen LogP contribution in [-0.4, -0.2) is 19.0 Å². The first-order valence-corrected chi connectivity index (χ1v) is 8.03. The zero-order valence-electron chi connectivity index (χ0n) is 13.6. The molecular weight excluding hydrogens is 264 g/mol. The van der Waals surface area contributed by atoms with Crippen LogP contribution in [0.15, 0.2) is 18.2 Å². The number of carbonyl (C=O) groups excluding carboxylic acids is 1. The lowest BCUT2D eigenvalue weighted by atomic mass is 10.1. The van der Waals surface area contributed by atoms with Crippen molar-refractivity contribution in [2.45, 2.75) is 59.5 Å². The molecule has 118 valence electrons. The van der Waals surface area contributed by atoms with Crippen molar-refractivity contribution in [3.05, 3.63) is 29.3 Å². The molecule has 0 aliphatic heterocycles. The van der Waals surface area contributed by atoms with Crippen LogP contribution in [0.3, 0.4) is 0 Å². The fourth-order valence-electron chi connectivity index (χ4n) is 2.20. The Balaban J connectivity index is 2.47. The summed E-state index contributed by atoms with van der Waals surface area (Å²) in [5.41, 5.74) is 1.66. The van der Waals surface area contributed by atoms with Crippen LogP contribution in [-0.2, 0) is 11.3 Å². The quantitative estimate of drug-likeness (QED) is 0.435. The second kappa shape index (κ2) is 10.4. The van der Waals surface area contributed by atoms with Crippen molar-refractivity contribution >= 4 is 5.78 Å². The van der Waals surface area contributed by atoms with E-state index in [1.165, 1.54) is 25.7 Å². The molecule has 0 saturated carbocycles. The Kier molecular flexibility index (Phi) is 8.76. The van der Waals surface area contributed by atoms with Crippen molar-refractivity contribution in [2.75, 3.05) is 13.2 Å². The molecule has 0 aliphatic rings. The van der Waals surface area contributed by atoms with Crippen molar-refractivity contribution in [1.82, 2.24) is 0 Å². The number of Topliss-reactive ketones (excluding diaryl/α,β-unsaturated/α-hetero) is 1. The summed E-state index contributed by atoms with van der Waals surface area (Å²) in [6.07, 6.45) is 6.16. The van der Waals surface area contributed by atoms with Gasteiger partial charge >= 0.3 is 0 Å². The summed E-state index contributed by atoms with van der Waals surface area (Å²) in [4.78, 5) is 11.5. The van der Waals surface area contributed by atoms with Crippen LogP contribution >= 0.6 is 0 Å². The van der Waals surface area contributed by atoms with E-state index in [-0.39, 0.29) is 5.78 Å². The molecular formula is C18H28O3. The number of rotatable bonds is 11. The zero-order valence-corrected chi connectivity index (χ0v) is 13.6. The molecule has 0 fully saturated rings. The van der Waals surface area contributed by atoms with E-state index in [1.54, 1.807) is 6.92 Å². The smallest absolute Gasteiger partial charge is 0.159 e. The van der Waals surface area contributed by atoms with E-state index >= 15 is 0 Å². The lowest BCUT2D eigenvalue weighted by Crippen LogP contribution is -2.03. The highest BCUT2D eigenvalue weighted by Gasteiger charge is 2.08. The normalized spacial score (nSPS) is 10.6. The van der Waals surface area contributed by atoms with Crippen LogP contribution in [0.4, 0.5) is 0 Å². The molecule has 0 N–H and O–H groups in total. The van der Waals surface area contributed by atoms with Gasteiger partial charge in [-0.2, -0.15) is 0 Å². The molecule has 0 bridgehead atoms. The van der Waals surface area contributed by atoms with Crippen molar-refractivity contribution < 1.29 is 14.3 Å². The van der Waals surface area contributed by atoms with Crippen molar-refractivity contribution in [2.24, 2.45) is 0 Å². The van der Waals surface area contributed by atoms with Crippen LogP contribution in [0.2, 0.25) is 0 Å². The number of unbranched alkanes of at least 4 members (excludes halogenated alkanes) is 4. The van der Waals surface area contributed by atoms with Gasteiger partial charge in [0.1, 0.15) is 5.75 Å². The first-order chi connectivity index (χ1) is 10.2. The highest BCUT2D eigenvalue weighted by atomic mass is 16.5. The summed E-state index contributed by atoms with van der Waals surface area (Å²) < 4.78 is 11.3. The SMILES string of the molecule is CCCCCCCOCc1cc(C(C)=O)ccc1OCC. The summed E-state index contributed by atoms with van der Waals surface area (Å²) in [7, 11) is 0. The highest BCUT2D eigenvalue weighted by molar-refractivity contribution is 5.94. The Morgan fingerprint density at radius 2 is 1.86 bits per heavy atom. The van der Waals surface area contributed by atoms with Gasteiger partial charge in [0.05, 0.1) is 13.2 Å². The van der Waals surface area contributed by atoms with E-state index in [9.17, 15) is 4.79 Å². The van der Waals surface area contributed by atoms with Gasteiger partial charge in [0, 0.05) is 17.7 Å². The fourth-order valence-corrected chi connectivity index (χ4v) is 2.20. The third kappa shape index (κ3) is 6.76. The minimum Gasteiger partial charge on any atom is -0.494 e. The average molecular weight is 292 g/mol. The van der Waals surface area contributed by atoms with E-state index in [0.29, 0.717) is 18.8 Å². The van der Waals surface area contributed by atoms with E-state index in [1.807, 2.05) is 25.1 Å². The molecule has 3 nitrogen and oxygen atoms in total. The van der Waals surface area contributed by atoms with Gasteiger partial charge in [0.2, 0.25) is 0 Å². The van der Waals surface area contributed by atoms with Crippen molar-refractivity contribution in [1.29, 1.82) is 0 Å². The van der Waals surface area contributed by atoms with Gasteiger partial charge in [0.25, 0.3) is 0 Å². The van der Waals surface area contributed by atoms with Gasteiger partial charge in [-0.05, 0) is 38.5 Å². The molecule has 0 heterocycles. The Morgan fingerprint density at radius 1 is 1.10 bits per heavy atom. The second-order valence-corrected chi connectivity index (χ2v) is 5.28. The lowest BCUT2D eigenvalue weighted by molar-refractivity contribution is 0.101. The minimum absolute atomic E-state index is 0.0684. The molecule has 0 aromatic heterocycles. The summed E-state index contributed by atoms with van der Waals surface area (Å²) in [6, 6.07) is 5.55. The van der Waals surface area contributed by atoms with Crippen LogP contribution in [0.25, 0.3) is 0 Å². The van der Waals surface area contributed by atoms with Crippen molar-refractivity contribution in [3.8, 4) is 5.75 Å².